The van der Waals surface area contributed by atoms with E-state index in [4.69, 9.17) is 11.6 Å². The number of rotatable bonds is 6. The van der Waals surface area contributed by atoms with Gasteiger partial charge in [-0.3, -0.25) is 4.79 Å². The molecule has 1 N–H and O–H groups in total. The van der Waals surface area contributed by atoms with E-state index in [0.717, 1.165) is 4.47 Å². The maximum atomic E-state index is 12.3. The first-order valence-corrected chi connectivity index (χ1v) is 10.4. The van der Waals surface area contributed by atoms with Gasteiger partial charge in [0, 0.05) is 18.6 Å². The van der Waals surface area contributed by atoms with Crippen molar-refractivity contribution >= 4 is 54.7 Å². The molecule has 0 aliphatic heterocycles. The van der Waals surface area contributed by atoms with Crippen molar-refractivity contribution in [3.63, 3.8) is 0 Å². The molecule has 5 nitrogen and oxygen atoms in total. The highest BCUT2D eigenvalue weighted by Crippen LogP contribution is 2.32. The number of halogens is 2. The minimum atomic E-state index is -3.59. The second-order valence-electron chi connectivity index (χ2n) is 5.74. The van der Waals surface area contributed by atoms with Crippen molar-refractivity contribution in [2.45, 2.75) is 5.75 Å². The highest BCUT2D eigenvalue weighted by atomic mass is 79.9. The summed E-state index contributed by atoms with van der Waals surface area (Å²) in [4.78, 5) is 14.0. The number of hydrogen-bond donors (Lipinski definition) is 1. The number of para-hydroxylation sites is 1. The molecule has 0 saturated carbocycles. The second kappa shape index (κ2) is 8.21. The SMILES string of the molecule is CN(C)c1c(Cl)cccc1NC(=O)CS(=O)(=O)Cc1cccc(Br)c1. The Balaban J connectivity index is 2.11. The number of sulfone groups is 1. The summed E-state index contributed by atoms with van der Waals surface area (Å²) in [5.74, 6) is -1.39. The molecule has 8 heteroatoms. The molecule has 2 aromatic rings. The Morgan fingerprint density at radius 1 is 1.20 bits per heavy atom. The van der Waals surface area contributed by atoms with Gasteiger partial charge in [-0.1, -0.05) is 45.7 Å². The summed E-state index contributed by atoms with van der Waals surface area (Å²) in [6, 6.07) is 12.1. The number of carbonyl (C=O) groups excluding carboxylic acids is 1. The van der Waals surface area contributed by atoms with Crippen LogP contribution in [0.15, 0.2) is 46.9 Å². The molecule has 2 aromatic carbocycles. The summed E-state index contributed by atoms with van der Waals surface area (Å²) < 4.78 is 25.4. The third-order valence-electron chi connectivity index (χ3n) is 3.33. The number of anilines is 2. The number of amides is 1. The Morgan fingerprint density at radius 3 is 2.52 bits per heavy atom. The van der Waals surface area contributed by atoms with Crippen LogP contribution >= 0.6 is 27.5 Å². The van der Waals surface area contributed by atoms with Crippen LogP contribution in [0.3, 0.4) is 0 Å². The predicted molar refractivity (Wildman–Crippen MR) is 106 cm³/mol. The third kappa shape index (κ3) is 5.73. The minimum absolute atomic E-state index is 0.198. The van der Waals surface area contributed by atoms with Gasteiger partial charge in [-0.05, 0) is 29.8 Å². The molecular weight excluding hydrogens is 428 g/mol. The van der Waals surface area contributed by atoms with Crippen molar-refractivity contribution in [3.05, 3.63) is 57.5 Å². The largest absolute Gasteiger partial charge is 0.375 e. The molecular formula is C17H18BrClN2O3S. The molecule has 0 fully saturated rings. The third-order valence-corrected chi connectivity index (χ3v) is 5.61. The topological polar surface area (TPSA) is 66.5 Å². The van der Waals surface area contributed by atoms with Crippen LogP contribution in [-0.2, 0) is 20.4 Å². The highest BCUT2D eigenvalue weighted by molar-refractivity contribution is 9.10. The molecule has 2 rings (SSSR count). The van der Waals surface area contributed by atoms with Gasteiger partial charge < -0.3 is 10.2 Å². The van der Waals surface area contributed by atoms with E-state index in [9.17, 15) is 13.2 Å². The maximum absolute atomic E-state index is 12.3. The molecule has 0 unspecified atom stereocenters. The van der Waals surface area contributed by atoms with Gasteiger partial charge in [0.1, 0.15) is 5.75 Å². The summed E-state index contributed by atoms with van der Waals surface area (Å²) in [6.07, 6.45) is 0. The van der Waals surface area contributed by atoms with E-state index in [1.807, 2.05) is 6.07 Å². The Kier molecular flexibility index (Phi) is 6.48. The zero-order valence-corrected chi connectivity index (χ0v) is 17.0. The molecule has 0 aliphatic rings. The number of benzene rings is 2. The fraction of sp³-hybridized carbons (Fsp3) is 0.235. The molecule has 134 valence electrons. The Labute approximate surface area is 161 Å². The Bertz CT molecular complexity index is 885. The molecule has 0 aromatic heterocycles. The molecule has 0 heterocycles. The number of hydrogen-bond acceptors (Lipinski definition) is 4. The van der Waals surface area contributed by atoms with Crippen molar-refractivity contribution in [1.82, 2.24) is 0 Å². The van der Waals surface area contributed by atoms with E-state index in [2.05, 4.69) is 21.2 Å². The molecule has 25 heavy (non-hydrogen) atoms. The van der Waals surface area contributed by atoms with Crippen molar-refractivity contribution in [2.75, 3.05) is 30.1 Å². The average molecular weight is 446 g/mol. The van der Waals surface area contributed by atoms with E-state index in [-0.39, 0.29) is 5.75 Å². The molecule has 1 amide bonds. The van der Waals surface area contributed by atoms with Gasteiger partial charge in [0.15, 0.2) is 9.84 Å². The van der Waals surface area contributed by atoms with Crippen LogP contribution in [-0.4, -0.2) is 34.2 Å². The van der Waals surface area contributed by atoms with Crippen LogP contribution in [0, 0.1) is 0 Å². The van der Waals surface area contributed by atoms with Crippen LogP contribution in [0.4, 0.5) is 11.4 Å². The standard InChI is InChI=1S/C17H18BrClN2O3S/c1-21(2)17-14(19)7-4-8-15(17)20-16(22)11-25(23,24)10-12-5-3-6-13(18)9-12/h3-9H,10-11H2,1-2H3,(H,20,22). The summed E-state index contributed by atoms with van der Waals surface area (Å²) >= 11 is 9.45. The first-order valence-electron chi connectivity index (χ1n) is 7.38. The van der Waals surface area contributed by atoms with Gasteiger partial charge in [0.2, 0.25) is 5.91 Å². The Morgan fingerprint density at radius 2 is 1.88 bits per heavy atom. The molecule has 0 radical (unpaired) electrons. The zero-order chi connectivity index (χ0) is 18.6. The van der Waals surface area contributed by atoms with E-state index in [1.54, 1.807) is 55.4 Å². The lowest BCUT2D eigenvalue weighted by molar-refractivity contribution is -0.113. The van der Waals surface area contributed by atoms with Crippen LogP contribution in [0.25, 0.3) is 0 Å². The van der Waals surface area contributed by atoms with E-state index >= 15 is 0 Å². The summed E-state index contributed by atoms with van der Waals surface area (Å²) in [5.41, 5.74) is 1.72. The number of carbonyl (C=O) groups is 1. The summed E-state index contributed by atoms with van der Waals surface area (Å²) in [7, 11) is -0.00834. The van der Waals surface area contributed by atoms with Gasteiger partial charge in [-0.15, -0.1) is 0 Å². The van der Waals surface area contributed by atoms with Crippen LogP contribution in [0.1, 0.15) is 5.56 Å². The van der Waals surface area contributed by atoms with Gasteiger partial charge in [0.05, 0.1) is 22.2 Å². The van der Waals surface area contributed by atoms with E-state index in [1.165, 1.54) is 0 Å². The van der Waals surface area contributed by atoms with Gasteiger partial charge >= 0.3 is 0 Å². The normalized spacial score (nSPS) is 11.2. The van der Waals surface area contributed by atoms with Gasteiger partial charge in [-0.2, -0.15) is 0 Å². The molecule has 0 aliphatic carbocycles. The fourth-order valence-corrected chi connectivity index (χ4v) is 4.44. The number of nitrogens with zero attached hydrogens (tertiary/aromatic N) is 1. The monoisotopic (exact) mass is 444 g/mol. The van der Waals surface area contributed by atoms with Crippen molar-refractivity contribution in [1.29, 1.82) is 0 Å². The lowest BCUT2D eigenvalue weighted by atomic mass is 10.2. The van der Waals surface area contributed by atoms with Crippen molar-refractivity contribution < 1.29 is 13.2 Å². The number of nitrogens with one attached hydrogen (secondary N) is 1. The average Bonchev–Trinajstić information content (AvgIpc) is 2.45. The lowest BCUT2D eigenvalue weighted by Crippen LogP contribution is -2.25. The van der Waals surface area contributed by atoms with Crippen molar-refractivity contribution in [3.8, 4) is 0 Å². The second-order valence-corrected chi connectivity index (χ2v) is 9.13. The minimum Gasteiger partial charge on any atom is -0.375 e. The predicted octanol–water partition coefficient (Wildman–Crippen LogP) is 3.72. The van der Waals surface area contributed by atoms with E-state index in [0.29, 0.717) is 22.0 Å². The fourth-order valence-electron chi connectivity index (χ4n) is 2.39. The molecule has 0 bridgehead atoms. The zero-order valence-electron chi connectivity index (χ0n) is 13.8. The van der Waals surface area contributed by atoms with Gasteiger partial charge in [0.25, 0.3) is 0 Å². The maximum Gasteiger partial charge on any atom is 0.239 e. The van der Waals surface area contributed by atoms with Crippen LogP contribution in [0.5, 0.6) is 0 Å². The molecule has 0 spiro atoms. The van der Waals surface area contributed by atoms with Crippen LogP contribution in [0.2, 0.25) is 5.02 Å². The lowest BCUT2D eigenvalue weighted by Gasteiger charge is -2.19. The van der Waals surface area contributed by atoms with Crippen LogP contribution < -0.4 is 10.2 Å². The quantitative estimate of drug-likeness (QED) is 0.736. The highest BCUT2D eigenvalue weighted by Gasteiger charge is 2.19. The Hall–Kier alpha value is -1.57. The smallest absolute Gasteiger partial charge is 0.239 e. The van der Waals surface area contributed by atoms with Gasteiger partial charge in [-0.25, -0.2) is 8.42 Å². The molecule has 0 saturated heterocycles. The summed E-state index contributed by atoms with van der Waals surface area (Å²) in [6.45, 7) is 0. The van der Waals surface area contributed by atoms with E-state index < -0.39 is 21.5 Å². The summed E-state index contributed by atoms with van der Waals surface area (Å²) in [5, 5.41) is 3.10. The first-order chi connectivity index (χ1) is 11.7. The molecule has 0 atom stereocenters. The first kappa shape index (κ1) is 19.8. The van der Waals surface area contributed by atoms with Crippen molar-refractivity contribution in [2.24, 2.45) is 0 Å².